The Morgan fingerprint density at radius 1 is 0.936 bits per heavy atom. The highest BCUT2D eigenvalue weighted by Crippen LogP contribution is 2.39. The van der Waals surface area contributed by atoms with E-state index in [0.29, 0.717) is 51.0 Å². The number of aliphatic hydroxyl groups excluding tert-OH is 1. The molecule has 47 heavy (non-hydrogen) atoms. The normalized spacial score (nSPS) is 16.5. The highest BCUT2D eigenvalue weighted by Gasteiger charge is 2.40. The number of carbonyl (C=O) groups is 2. The fourth-order valence-corrected chi connectivity index (χ4v) is 6.42. The number of carbonyl (C=O) groups excluding carboxylic acids is 2. The molecule has 1 fully saturated rings. The van der Waals surface area contributed by atoms with E-state index < -0.39 is 12.1 Å². The third-order valence-electron chi connectivity index (χ3n) is 8.21. The van der Waals surface area contributed by atoms with Crippen LogP contribution in [0.15, 0.2) is 66.2 Å². The molecule has 5 rings (SSSR count). The standard InChI is InChI=1S/C35H38Cl3N3O6/c1-39-35(44)47-16-14-22-5-12-28(36)24(19-22)20-40-34(43)32-27(13-15-41(25-8-9-25)31(32)21-42)23-6-10-26(11-7-23)45-17-18-46-33-29(37)3-2-4-30(33)38/h2-7,10-12,19,25,31,42H,8-9,13-18,20-21H2,1H3,(H,39,44)(H,40,43)/t31-/m1/s1. The van der Waals surface area contributed by atoms with E-state index in [4.69, 9.17) is 49.0 Å². The Morgan fingerprint density at radius 3 is 2.34 bits per heavy atom. The van der Waals surface area contributed by atoms with E-state index in [0.717, 1.165) is 41.6 Å². The number of para-hydroxylation sites is 1. The molecule has 0 saturated heterocycles. The Bertz CT molecular complexity index is 1580. The van der Waals surface area contributed by atoms with Crippen molar-refractivity contribution in [3.05, 3.63) is 98.0 Å². The van der Waals surface area contributed by atoms with Crippen molar-refractivity contribution in [1.29, 1.82) is 0 Å². The summed E-state index contributed by atoms with van der Waals surface area (Å²) in [7, 11) is 1.51. The van der Waals surface area contributed by atoms with Crippen LogP contribution in [0.25, 0.3) is 5.57 Å². The molecule has 1 atom stereocenters. The molecule has 0 aromatic heterocycles. The number of halogens is 3. The Hall–Kier alpha value is -3.47. The van der Waals surface area contributed by atoms with E-state index >= 15 is 0 Å². The van der Waals surface area contributed by atoms with Crippen LogP contribution in [0.4, 0.5) is 4.79 Å². The Morgan fingerprint density at radius 2 is 1.66 bits per heavy atom. The van der Waals surface area contributed by atoms with Crippen molar-refractivity contribution >= 4 is 52.4 Å². The van der Waals surface area contributed by atoms with Crippen LogP contribution in [0.2, 0.25) is 15.1 Å². The van der Waals surface area contributed by atoms with E-state index in [1.54, 1.807) is 24.3 Å². The molecular weight excluding hydrogens is 665 g/mol. The number of ether oxygens (including phenoxy) is 3. The van der Waals surface area contributed by atoms with Crippen LogP contribution in [-0.2, 0) is 22.5 Å². The van der Waals surface area contributed by atoms with Gasteiger partial charge in [-0.2, -0.15) is 0 Å². The van der Waals surface area contributed by atoms with Crippen molar-refractivity contribution in [1.82, 2.24) is 15.5 Å². The molecule has 9 nitrogen and oxygen atoms in total. The lowest BCUT2D eigenvalue weighted by molar-refractivity contribution is -0.118. The molecule has 0 bridgehead atoms. The summed E-state index contributed by atoms with van der Waals surface area (Å²) >= 11 is 18.8. The minimum Gasteiger partial charge on any atom is -0.490 e. The minimum absolute atomic E-state index is 0.166. The molecule has 2 aliphatic rings. The van der Waals surface area contributed by atoms with Crippen LogP contribution < -0.4 is 20.1 Å². The zero-order valence-electron chi connectivity index (χ0n) is 26.1. The fourth-order valence-electron chi connectivity index (χ4n) is 5.73. The number of nitrogens with zero attached hydrogens (tertiary/aromatic N) is 1. The average Bonchev–Trinajstić information content (AvgIpc) is 3.93. The van der Waals surface area contributed by atoms with Gasteiger partial charge >= 0.3 is 6.09 Å². The van der Waals surface area contributed by atoms with E-state index in [1.165, 1.54) is 7.05 Å². The largest absolute Gasteiger partial charge is 0.490 e. The maximum Gasteiger partial charge on any atom is 0.406 e. The van der Waals surface area contributed by atoms with Crippen molar-refractivity contribution in [3.63, 3.8) is 0 Å². The van der Waals surface area contributed by atoms with Crippen LogP contribution in [0.1, 0.15) is 36.0 Å². The molecule has 1 saturated carbocycles. The number of hydrogen-bond acceptors (Lipinski definition) is 7. The maximum absolute atomic E-state index is 13.9. The number of nitrogens with one attached hydrogen (secondary N) is 2. The molecule has 2 amide bonds. The first kappa shape index (κ1) is 34.9. The lowest BCUT2D eigenvalue weighted by atomic mass is 9.87. The van der Waals surface area contributed by atoms with Crippen LogP contribution in [0.3, 0.4) is 0 Å². The number of hydrogen-bond donors (Lipinski definition) is 3. The number of amides is 2. The van der Waals surface area contributed by atoms with E-state index in [1.807, 2.05) is 36.4 Å². The van der Waals surface area contributed by atoms with Gasteiger partial charge in [-0.05, 0) is 71.9 Å². The van der Waals surface area contributed by atoms with Gasteiger partial charge in [-0.15, -0.1) is 0 Å². The maximum atomic E-state index is 13.9. The summed E-state index contributed by atoms with van der Waals surface area (Å²) < 4.78 is 16.7. The number of alkyl carbamates (subject to hydrolysis) is 1. The lowest BCUT2D eigenvalue weighted by Gasteiger charge is -2.38. The summed E-state index contributed by atoms with van der Waals surface area (Å²) in [5, 5.41) is 17.4. The van der Waals surface area contributed by atoms with Gasteiger partial charge < -0.3 is 30.0 Å². The van der Waals surface area contributed by atoms with Crippen molar-refractivity contribution < 1.29 is 28.9 Å². The zero-order valence-corrected chi connectivity index (χ0v) is 28.3. The molecule has 0 spiro atoms. The van der Waals surface area contributed by atoms with Crippen molar-refractivity contribution in [2.45, 2.75) is 44.3 Å². The summed E-state index contributed by atoms with van der Waals surface area (Å²) in [6.45, 7) is 1.55. The summed E-state index contributed by atoms with van der Waals surface area (Å²) in [5.41, 5.74) is 4.03. The van der Waals surface area contributed by atoms with Crippen molar-refractivity contribution in [2.24, 2.45) is 0 Å². The predicted octanol–water partition coefficient (Wildman–Crippen LogP) is 6.30. The molecule has 1 aliphatic carbocycles. The Kier molecular flexibility index (Phi) is 12.3. The molecule has 250 valence electrons. The highest BCUT2D eigenvalue weighted by atomic mass is 35.5. The second-order valence-electron chi connectivity index (χ2n) is 11.3. The number of aliphatic hydroxyl groups is 1. The molecule has 0 unspecified atom stereocenters. The predicted molar refractivity (Wildman–Crippen MR) is 183 cm³/mol. The average molecular weight is 703 g/mol. The van der Waals surface area contributed by atoms with Gasteiger partial charge in [0, 0.05) is 43.2 Å². The molecule has 0 radical (unpaired) electrons. The number of rotatable bonds is 14. The second kappa shape index (κ2) is 16.6. The number of benzene rings is 3. The van der Waals surface area contributed by atoms with Gasteiger partial charge in [0.25, 0.3) is 0 Å². The topological polar surface area (TPSA) is 109 Å². The summed E-state index contributed by atoms with van der Waals surface area (Å²) in [6.07, 6.45) is 2.81. The zero-order chi connectivity index (χ0) is 33.3. The highest BCUT2D eigenvalue weighted by molar-refractivity contribution is 6.37. The smallest absolute Gasteiger partial charge is 0.406 e. The third-order valence-corrected chi connectivity index (χ3v) is 9.17. The monoisotopic (exact) mass is 701 g/mol. The Labute approximate surface area is 289 Å². The van der Waals surface area contributed by atoms with Gasteiger partial charge in [-0.25, -0.2) is 4.79 Å². The van der Waals surface area contributed by atoms with Gasteiger partial charge in [0.2, 0.25) is 5.91 Å². The molecule has 3 aromatic carbocycles. The molecule has 1 aliphatic heterocycles. The van der Waals surface area contributed by atoms with Crippen LogP contribution >= 0.6 is 34.8 Å². The second-order valence-corrected chi connectivity index (χ2v) is 12.5. The molecule has 12 heteroatoms. The molecule has 1 heterocycles. The minimum atomic E-state index is -0.492. The molecule has 3 N–H and O–H groups in total. The lowest BCUT2D eigenvalue weighted by Crippen LogP contribution is -2.48. The van der Waals surface area contributed by atoms with Gasteiger partial charge in [-0.3, -0.25) is 9.69 Å². The van der Waals surface area contributed by atoms with Crippen LogP contribution in [-0.4, -0.2) is 74.1 Å². The van der Waals surface area contributed by atoms with Gasteiger partial charge in [0.05, 0.1) is 29.3 Å². The van der Waals surface area contributed by atoms with Crippen LogP contribution in [0, 0.1) is 0 Å². The summed E-state index contributed by atoms with van der Waals surface area (Å²) in [6, 6.07) is 18.3. The summed E-state index contributed by atoms with van der Waals surface area (Å²) in [4.78, 5) is 27.6. The first-order chi connectivity index (χ1) is 22.8. The van der Waals surface area contributed by atoms with Gasteiger partial charge in [0.15, 0.2) is 5.75 Å². The van der Waals surface area contributed by atoms with Crippen molar-refractivity contribution in [2.75, 3.05) is 40.0 Å². The van der Waals surface area contributed by atoms with E-state index in [-0.39, 0.29) is 38.9 Å². The summed E-state index contributed by atoms with van der Waals surface area (Å²) in [5.74, 6) is 0.828. The van der Waals surface area contributed by atoms with Crippen molar-refractivity contribution in [3.8, 4) is 11.5 Å². The van der Waals surface area contributed by atoms with Gasteiger partial charge in [-0.1, -0.05) is 65.1 Å². The Balaban J connectivity index is 1.28. The first-order valence-corrected chi connectivity index (χ1v) is 16.7. The fraction of sp³-hybridized carbons (Fsp3) is 0.371. The molecular formula is C35H38Cl3N3O6. The van der Waals surface area contributed by atoms with E-state index in [2.05, 4.69) is 15.5 Å². The third kappa shape index (κ3) is 9.12. The van der Waals surface area contributed by atoms with Gasteiger partial charge in [0.1, 0.15) is 19.0 Å². The van der Waals surface area contributed by atoms with Crippen LogP contribution in [0.5, 0.6) is 11.5 Å². The SMILES string of the molecule is CNC(=O)OCCc1ccc(Cl)c(CNC(=O)C2=C(c3ccc(OCCOc4c(Cl)cccc4Cl)cc3)CCN(C3CC3)[C@@H]2CO)c1. The quantitative estimate of drug-likeness (QED) is 0.169. The first-order valence-electron chi connectivity index (χ1n) is 15.6. The molecule has 3 aromatic rings. The van der Waals surface area contributed by atoms with E-state index in [9.17, 15) is 14.7 Å².